The van der Waals surface area contributed by atoms with Gasteiger partial charge in [0.25, 0.3) is 0 Å². The zero-order valence-corrected chi connectivity index (χ0v) is 18.3. The molecule has 32 heavy (non-hydrogen) atoms. The lowest BCUT2D eigenvalue weighted by Crippen LogP contribution is -2.21. The lowest BCUT2D eigenvalue weighted by molar-refractivity contribution is 0.0734. The molecule has 1 atom stereocenters. The van der Waals surface area contributed by atoms with E-state index in [0.717, 1.165) is 5.56 Å². The normalized spacial score (nSPS) is 14.8. The first-order chi connectivity index (χ1) is 15.4. The minimum Gasteiger partial charge on any atom is -0.497 e. The van der Waals surface area contributed by atoms with Gasteiger partial charge in [-0.05, 0) is 42.0 Å². The summed E-state index contributed by atoms with van der Waals surface area (Å²) in [6.45, 7) is 0. The molecule has 4 rings (SSSR count). The number of hydrogen-bond donors (Lipinski definition) is 1. The van der Waals surface area contributed by atoms with Crippen LogP contribution in [0, 0.1) is 11.3 Å². The van der Waals surface area contributed by atoms with E-state index in [1.807, 2.05) is 24.3 Å². The minimum atomic E-state index is -0.643. The molecule has 2 N–H and O–H groups in total. The maximum absolute atomic E-state index is 12.5. The van der Waals surface area contributed by atoms with Gasteiger partial charge in [-0.15, -0.1) is 0 Å². The van der Waals surface area contributed by atoms with E-state index in [1.54, 1.807) is 31.4 Å². The molecule has 6 nitrogen and oxygen atoms in total. The van der Waals surface area contributed by atoms with Crippen LogP contribution in [0.1, 0.15) is 27.4 Å². The molecule has 1 heterocycles. The van der Waals surface area contributed by atoms with Crippen molar-refractivity contribution in [3.8, 4) is 23.3 Å². The fraction of sp³-hybridized carbons (Fsp3) is 0.0833. The zero-order valence-electron chi connectivity index (χ0n) is 16.8. The van der Waals surface area contributed by atoms with Gasteiger partial charge in [0.05, 0.1) is 23.6 Å². The van der Waals surface area contributed by atoms with Crippen molar-refractivity contribution in [1.82, 2.24) is 0 Å². The van der Waals surface area contributed by atoms with Crippen molar-refractivity contribution in [3.63, 3.8) is 0 Å². The highest BCUT2D eigenvalue weighted by molar-refractivity contribution is 6.36. The van der Waals surface area contributed by atoms with Gasteiger partial charge in [0.15, 0.2) is 0 Å². The molecule has 8 heteroatoms. The fourth-order valence-electron chi connectivity index (χ4n) is 3.46. The van der Waals surface area contributed by atoms with E-state index >= 15 is 0 Å². The number of ether oxygens (including phenoxy) is 3. The fourth-order valence-corrected chi connectivity index (χ4v) is 3.94. The lowest BCUT2D eigenvalue weighted by Gasteiger charge is -2.26. The molecule has 0 fully saturated rings. The number of benzene rings is 3. The summed E-state index contributed by atoms with van der Waals surface area (Å²) < 4.78 is 16.3. The lowest BCUT2D eigenvalue weighted by atomic mass is 9.83. The molecule has 0 radical (unpaired) electrons. The Hall–Kier alpha value is -3.66. The number of nitrogens with zero attached hydrogens (tertiary/aromatic N) is 1. The Kier molecular flexibility index (Phi) is 5.95. The van der Waals surface area contributed by atoms with Crippen molar-refractivity contribution < 1.29 is 19.0 Å². The first kappa shape index (κ1) is 21.6. The highest BCUT2D eigenvalue weighted by Crippen LogP contribution is 2.43. The summed E-state index contributed by atoms with van der Waals surface area (Å²) in [5.41, 5.74) is 8.06. The van der Waals surface area contributed by atoms with Gasteiger partial charge in [-0.2, -0.15) is 5.26 Å². The van der Waals surface area contributed by atoms with Crippen LogP contribution in [0.25, 0.3) is 0 Å². The van der Waals surface area contributed by atoms with Gasteiger partial charge in [0.1, 0.15) is 28.9 Å². The quantitative estimate of drug-likeness (QED) is 0.406. The molecule has 3 aromatic rings. The van der Waals surface area contributed by atoms with E-state index in [-0.39, 0.29) is 22.2 Å². The molecule has 0 saturated heterocycles. The second-order valence-corrected chi connectivity index (χ2v) is 7.75. The molecule has 0 bridgehead atoms. The Morgan fingerprint density at radius 1 is 1.06 bits per heavy atom. The van der Waals surface area contributed by atoms with E-state index in [2.05, 4.69) is 6.07 Å². The maximum atomic E-state index is 12.5. The van der Waals surface area contributed by atoms with E-state index in [9.17, 15) is 10.1 Å². The Bertz CT molecular complexity index is 1280. The van der Waals surface area contributed by atoms with Crippen LogP contribution in [0.15, 0.2) is 72.1 Å². The average molecular weight is 467 g/mol. The second kappa shape index (κ2) is 8.83. The number of nitrogens with two attached hydrogens (primary N) is 1. The predicted molar refractivity (Wildman–Crippen MR) is 120 cm³/mol. The Labute approximate surface area is 194 Å². The average Bonchev–Trinajstić information content (AvgIpc) is 2.78. The Morgan fingerprint density at radius 2 is 1.78 bits per heavy atom. The van der Waals surface area contributed by atoms with Crippen molar-refractivity contribution in [2.45, 2.75) is 5.92 Å². The SMILES string of the molecule is COc1ccc([C@H]2C(C#N)=C(N)Oc3cc(OC(=O)c4ccc(Cl)cc4Cl)ccc32)cc1. The zero-order chi connectivity index (χ0) is 22.8. The first-order valence-corrected chi connectivity index (χ1v) is 10.2. The number of nitriles is 1. The van der Waals surface area contributed by atoms with Crippen molar-refractivity contribution in [2.24, 2.45) is 5.73 Å². The second-order valence-electron chi connectivity index (χ2n) is 6.91. The molecular formula is C24H16Cl2N2O4. The summed E-state index contributed by atoms with van der Waals surface area (Å²) in [6.07, 6.45) is 0. The van der Waals surface area contributed by atoms with Gasteiger partial charge in [-0.1, -0.05) is 41.4 Å². The number of hydrogen-bond acceptors (Lipinski definition) is 6. The number of methoxy groups -OCH3 is 1. The molecule has 0 unspecified atom stereocenters. The molecule has 3 aromatic carbocycles. The molecule has 0 saturated carbocycles. The van der Waals surface area contributed by atoms with E-state index < -0.39 is 11.9 Å². The van der Waals surface area contributed by atoms with Gasteiger partial charge >= 0.3 is 5.97 Å². The summed E-state index contributed by atoms with van der Waals surface area (Å²) in [5, 5.41) is 10.3. The van der Waals surface area contributed by atoms with Gasteiger partial charge < -0.3 is 19.9 Å². The molecule has 0 spiro atoms. The monoisotopic (exact) mass is 466 g/mol. The standard InChI is InChI=1S/C24H16Cl2N2O4/c1-30-15-5-2-13(3-6-15)22-18-9-7-16(11-21(18)32-23(28)19(22)12-27)31-24(29)17-8-4-14(25)10-20(17)26/h2-11,22H,28H2,1H3/t22-/m1/s1. The van der Waals surface area contributed by atoms with Gasteiger partial charge in [0.2, 0.25) is 5.88 Å². The van der Waals surface area contributed by atoms with Crippen molar-refractivity contribution in [3.05, 3.63) is 98.9 Å². The minimum absolute atomic E-state index is 0.00922. The number of carbonyl (C=O) groups excluding carboxylic acids is 1. The number of esters is 1. The summed E-state index contributed by atoms with van der Waals surface area (Å²) >= 11 is 12.0. The largest absolute Gasteiger partial charge is 0.497 e. The van der Waals surface area contributed by atoms with Crippen molar-refractivity contribution in [2.75, 3.05) is 7.11 Å². The van der Waals surface area contributed by atoms with Crippen LogP contribution in [-0.2, 0) is 0 Å². The van der Waals surface area contributed by atoms with Crippen LogP contribution in [0.2, 0.25) is 10.0 Å². The topological polar surface area (TPSA) is 94.6 Å². The summed E-state index contributed by atoms with van der Waals surface area (Å²) in [5.74, 6) is 0.224. The van der Waals surface area contributed by atoms with Crippen LogP contribution in [0.4, 0.5) is 0 Å². The van der Waals surface area contributed by atoms with Crippen LogP contribution >= 0.6 is 23.2 Å². The summed E-state index contributed by atoms with van der Waals surface area (Å²) in [7, 11) is 1.58. The maximum Gasteiger partial charge on any atom is 0.345 e. The number of allylic oxidation sites excluding steroid dienone is 1. The molecule has 0 amide bonds. The molecule has 1 aliphatic heterocycles. The third kappa shape index (κ3) is 4.09. The van der Waals surface area contributed by atoms with Crippen LogP contribution in [0.3, 0.4) is 0 Å². The summed E-state index contributed by atoms with van der Waals surface area (Å²) in [4.78, 5) is 12.5. The van der Waals surface area contributed by atoms with Crippen molar-refractivity contribution >= 4 is 29.2 Å². The van der Waals surface area contributed by atoms with Crippen LogP contribution in [0.5, 0.6) is 17.2 Å². The predicted octanol–water partition coefficient (Wildman–Crippen LogP) is 5.44. The smallest absolute Gasteiger partial charge is 0.345 e. The van der Waals surface area contributed by atoms with Crippen molar-refractivity contribution in [1.29, 1.82) is 5.26 Å². The molecule has 0 aliphatic carbocycles. The highest BCUT2D eigenvalue weighted by Gasteiger charge is 2.31. The van der Waals surface area contributed by atoms with E-state index in [1.165, 1.54) is 12.1 Å². The first-order valence-electron chi connectivity index (χ1n) is 9.44. The molecule has 160 valence electrons. The Morgan fingerprint density at radius 3 is 2.44 bits per heavy atom. The Balaban J connectivity index is 1.68. The van der Waals surface area contributed by atoms with Crippen LogP contribution in [-0.4, -0.2) is 13.1 Å². The number of carbonyl (C=O) groups is 1. The van der Waals surface area contributed by atoms with Gasteiger partial charge in [-0.25, -0.2) is 4.79 Å². The molecule has 1 aliphatic rings. The molecule has 0 aromatic heterocycles. The number of rotatable bonds is 4. The highest BCUT2D eigenvalue weighted by atomic mass is 35.5. The number of halogens is 2. The third-order valence-electron chi connectivity index (χ3n) is 5.00. The van der Waals surface area contributed by atoms with E-state index in [0.29, 0.717) is 27.7 Å². The van der Waals surface area contributed by atoms with Gasteiger partial charge in [0, 0.05) is 16.7 Å². The van der Waals surface area contributed by atoms with Crippen LogP contribution < -0.4 is 19.9 Å². The molecular weight excluding hydrogens is 451 g/mol. The summed E-state index contributed by atoms with van der Waals surface area (Å²) in [6, 6.07) is 18.9. The number of fused-ring (bicyclic) bond motifs is 1. The van der Waals surface area contributed by atoms with Gasteiger partial charge in [-0.3, -0.25) is 0 Å². The van der Waals surface area contributed by atoms with E-state index in [4.69, 9.17) is 43.1 Å². The third-order valence-corrected chi connectivity index (χ3v) is 5.55.